The van der Waals surface area contributed by atoms with Gasteiger partial charge in [-0.1, -0.05) is 39.9 Å². The van der Waals surface area contributed by atoms with Gasteiger partial charge in [0.05, 0.1) is 62.7 Å². The Morgan fingerprint density at radius 3 is 2.42 bits per heavy atom. The van der Waals surface area contributed by atoms with Gasteiger partial charge < -0.3 is 15.1 Å². The number of aromatic nitrogens is 5. The molecule has 1 fully saturated rings. The molecular formula is C27H25B6ClN8S. The van der Waals surface area contributed by atoms with Crippen LogP contribution in [0.15, 0.2) is 52.8 Å². The highest BCUT2D eigenvalue weighted by molar-refractivity contribution is 7.99. The maximum Gasteiger partial charge on any atom is 0.211 e. The van der Waals surface area contributed by atoms with Crippen LogP contribution in [0.2, 0.25) is 5.02 Å². The first-order valence-corrected chi connectivity index (χ1v) is 15.1. The first-order valence-electron chi connectivity index (χ1n) is 13.9. The number of rotatable bonds is 7. The number of halogens is 1. The summed E-state index contributed by atoms with van der Waals surface area (Å²) >= 11 is 8.16. The first-order chi connectivity index (χ1) is 20.3. The SMILES string of the molecule is [B]C([B])([B])N(c1nccc(Sc2c(C)nc(N3CCC4(CC3)Cc3ncccc3[C@H]4NC)n3ccnc23)c1Cl)C([B])([B])[B]. The Bertz CT molecular complexity index is 1650. The van der Waals surface area contributed by atoms with Gasteiger partial charge in [0.1, 0.15) is 5.82 Å². The van der Waals surface area contributed by atoms with Crippen LogP contribution in [-0.4, -0.2) is 102 Å². The standard InChI is InChI=1S/C27H25B6ClN8S/c1-15-20(43-18-5-9-37-22(19(18)34)42(26(28,29)30)27(31,32)33)23-38-10-13-41(23)24(39-15)40-11-6-25(7-12-40)14-17-16(21(25)35-2)4-3-8-36-17/h3-5,8-10,13,21,35H,6-7,11-12,14H2,1-2H3/t21-/m1/s1. The van der Waals surface area contributed by atoms with Gasteiger partial charge in [0.2, 0.25) is 5.95 Å². The van der Waals surface area contributed by atoms with Crippen LogP contribution in [0.25, 0.3) is 5.65 Å². The van der Waals surface area contributed by atoms with Crippen molar-refractivity contribution in [2.75, 3.05) is 29.9 Å². The van der Waals surface area contributed by atoms with Gasteiger partial charge in [0.15, 0.2) is 5.65 Å². The molecule has 2 aliphatic rings. The number of anilines is 2. The fourth-order valence-electron chi connectivity index (χ4n) is 6.56. The lowest BCUT2D eigenvalue weighted by atomic mass is 9.40. The molecule has 8 nitrogen and oxygen atoms in total. The van der Waals surface area contributed by atoms with E-state index in [1.165, 1.54) is 29.2 Å². The molecule has 1 aliphatic heterocycles. The smallest absolute Gasteiger partial charge is 0.211 e. The third-order valence-corrected chi connectivity index (χ3v) is 10.1. The molecule has 1 spiro atoms. The van der Waals surface area contributed by atoms with Gasteiger partial charge in [-0.25, -0.2) is 15.0 Å². The second-order valence-corrected chi connectivity index (χ2v) is 12.8. The molecule has 43 heavy (non-hydrogen) atoms. The molecule has 4 aromatic heterocycles. The average molecular weight is 594 g/mol. The minimum Gasteiger partial charge on any atom is -0.395 e. The normalized spacial score (nSPS) is 18.3. The van der Waals surface area contributed by atoms with Crippen LogP contribution in [0.3, 0.4) is 0 Å². The van der Waals surface area contributed by atoms with Crippen LogP contribution in [0.5, 0.6) is 0 Å². The fourth-order valence-corrected chi connectivity index (χ4v) is 7.84. The first kappa shape index (κ1) is 30.5. The van der Waals surface area contributed by atoms with Gasteiger partial charge in [-0.2, -0.15) is 0 Å². The number of piperidine rings is 1. The Morgan fingerprint density at radius 1 is 1.02 bits per heavy atom. The summed E-state index contributed by atoms with van der Waals surface area (Å²) in [6.45, 7) is 3.69. The van der Waals surface area contributed by atoms with Crippen molar-refractivity contribution in [2.24, 2.45) is 5.41 Å². The summed E-state index contributed by atoms with van der Waals surface area (Å²) in [5, 5.41) is -0.321. The summed E-state index contributed by atoms with van der Waals surface area (Å²) in [5.74, 6) is 0.893. The maximum absolute atomic E-state index is 6.79. The molecule has 0 bridgehead atoms. The molecule has 1 atom stereocenters. The lowest BCUT2D eigenvalue weighted by Gasteiger charge is -2.50. The van der Waals surface area contributed by atoms with E-state index in [1.54, 1.807) is 12.3 Å². The molecule has 1 aliphatic carbocycles. The van der Waals surface area contributed by atoms with Gasteiger partial charge in [0.25, 0.3) is 0 Å². The van der Waals surface area contributed by atoms with E-state index in [4.69, 9.17) is 63.7 Å². The second kappa shape index (κ2) is 11.1. The Morgan fingerprint density at radius 2 is 1.74 bits per heavy atom. The highest BCUT2D eigenvalue weighted by Crippen LogP contribution is 2.51. The van der Waals surface area contributed by atoms with E-state index in [-0.39, 0.29) is 22.3 Å². The van der Waals surface area contributed by atoms with Crippen molar-refractivity contribution in [1.29, 1.82) is 0 Å². The largest absolute Gasteiger partial charge is 0.395 e. The highest BCUT2D eigenvalue weighted by Gasteiger charge is 2.48. The summed E-state index contributed by atoms with van der Waals surface area (Å²) in [5.41, 5.74) is 4.20. The van der Waals surface area contributed by atoms with Crippen molar-refractivity contribution in [3.63, 3.8) is 0 Å². The highest BCUT2D eigenvalue weighted by atomic mass is 35.5. The lowest BCUT2D eigenvalue weighted by molar-refractivity contribution is 0.166. The molecule has 0 amide bonds. The van der Waals surface area contributed by atoms with E-state index in [0.717, 1.165) is 59.4 Å². The zero-order valence-electron chi connectivity index (χ0n) is 24.0. The third-order valence-electron chi connectivity index (χ3n) is 8.39. The zero-order valence-corrected chi connectivity index (χ0v) is 25.6. The second-order valence-electron chi connectivity index (χ2n) is 11.4. The number of imidazole rings is 1. The van der Waals surface area contributed by atoms with Crippen LogP contribution in [0.4, 0.5) is 11.8 Å². The Kier molecular flexibility index (Phi) is 7.91. The molecule has 0 saturated carbocycles. The quantitative estimate of drug-likeness (QED) is 0.325. The summed E-state index contributed by atoms with van der Waals surface area (Å²) in [6, 6.07) is 6.26. The number of nitrogens with one attached hydrogen (secondary N) is 1. The monoisotopic (exact) mass is 594 g/mol. The molecule has 16 heteroatoms. The van der Waals surface area contributed by atoms with Crippen molar-refractivity contribution in [3.8, 4) is 0 Å². The predicted octanol–water partition coefficient (Wildman–Crippen LogP) is 1.78. The van der Waals surface area contributed by atoms with Gasteiger partial charge >= 0.3 is 0 Å². The number of aryl methyl sites for hydroxylation is 1. The molecule has 12 radical (unpaired) electrons. The van der Waals surface area contributed by atoms with E-state index in [1.807, 2.05) is 36.8 Å². The van der Waals surface area contributed by atoms with Gasteiger partial charge in [-0.15, -0.1) is 0 Å². The Balaban J connectivity index is 1.29. The average Bonchev–Trinajstić information content (AvgIpc) is 3.54. The summed E-state index contributed by atoms with van der Waals surface area (Å²) in [7, 11) is 37.6. The Labute approximate surface area is 269 Å². The van der Waals surface area contributed by atoms with Crippen LogP contribution in [0.1, 0.15) is 35.8 Å². The molecule has 6 rings (SSSR count). The maximum atomic E-state index is 6.79. The minimum absolute atomic E-state index is 0.0413. The number of fused-ring (bicyclic) bond motifs is 2. The van der Waals surface area contributed by atoms with Crippen molar-refractivity contribution in [1.82, 2.24) is 29.7 Å². The number of hydrogen-bond acceptors (Lipinski definition) is 8. The van der Waals surface area contributed by atoms with E-state index in [2.05, 4.69) is 31.2 Å². The number of pyridine rings is 2. The van der Waals surface area contributed by atoms with E-state index >= 15 is 0 Å². The molecule has 204 valence electrons. The molecule has 0 unspecified atom stereocenters. The molecular weight excluding hydrogens is 569 g/mol. The lowest BCUT2D eigenvalue weighted by Crippen LogP contribution is -2.64. The molecule has 0 aromatic carbocycles. The Hall–Kier alpha value is -2.49. The number of nitrogens with zero attached hydrogens (tertiary/aromatic N) is 7. The summed E-state index contributed by atoms with van der Waals surface area (Å²) in [6.07, 6.45) is 10.1. The van der Waals surface area contributed by atoms with Gasteiger partial charge in [-0.3, -0.25) is 9.38 Å². The van der Waals surface area contributed by atoms with Crippen LogP contribution in [-0.2, 0) is 6.42 Å². The third kappa shape index (κ3) is 5.39. The summed E-state index contributed by atoms with van der Waals surface area (Å²) < 4.78 is 2.02. The minimum atomic E-state index is -2.04. The van der Waals surface area contributed by atoms with E-state index in [9.17, 15) is 0 Å². The predicted molar refractivity (Wildman–Crippen MR) is 177 cm³/mol. The van der Waals surface area contributed by atoms with Crippen molar-refractivity contribution in [2.45, 2.75) is 52.5 Å². The topological polar surface area (TPSA) is 74.5 Å². The van der Waals surface area contributed by atoms with Crippen LogP contribution in [0, 0.1) is 12.3 Å². The van der Waals surface area contributed by atoms with E-state index < -0.39 is 10.5 Å². The molecule has 1 saturated heterocycles. The molecule has 4 aromatic rings. The van der Waals surface area contributed by atoms with Crippen LogP contribution < -0.4 is 15.1 Å². The van der Waals surface area contributed by atoms with Gasteiger partial charge in [-0.05, 0) is 56.3 Å². The molecule has 1 N–H and O–H groups in total. The number of hydrogen-bond donors (Lipinski definition) is 1. The van der Waals surface area contributed by atoms with Crippen molar-refractivity contribution >= 4 is 87.9 Å². The molecule has 5 heterocycles. The summed E-state index contributed by atoms with van der Waals surface area (Å²) in [4.78, 5) is 23.4. The fraction of sp³-hybridized carbons (Fsp3) is 0.407. The van der Waals surface area contributed by atoms with Gasteiger partial charge in [0, 0.05) is 54.5 Å². The van der Waals surface area contributed by atoms with Crippen molar-refractivity contribution in [3.05, 3.63) is 65.0 Å². The van der Waals surface area contributed by atoms with Crippen molar-refractivity contribution < 1.29 is 0 Å². The zero-order chi connectivity index (χ0) is 30.7. The van der Waals surface area contributed by atoms with E-state index in [0.29, 0.717) is 4.90 Å². The van der Waals surface area contributed by atoms with Crippen LogP contribution >= 0.6 is 23.4 Å².